The topological polar surface area (TPSA) is 112 Å². The van der Waals surface area contributed by atoms with Gasteiger partial charge in [-0.25, -0.2) is 0 Å². The van der Waals surface area contributed by atoms with Crippen molar-refractivity contribution in [1.82, 2.24) is 5.32 Å². The van der Waals surface area contributed by atoms with Crippen molar-refractivity contribution < 1.29 is 55.2 Å². The van der Waals surface area contributed by atoms with Crippen LogP contribution >= 0.6 is 0 Å². The van der Waals surface area contributed by atoms with Crippen LogP contribution in [0.3, 0.4) is 0 Å². The molecule has 0 fully saturated rings. The van der Waals surface area contributed by atoms with Crippen molar-refractivity contribution in [2.75, 3.05) is 41.1 Å². The quantitative estimate of drug-likeness (QED) is 0.204. The van der Waals surface area contributed by atoms with Crippen molar-refractivity contribution in [3.8, 4) is 11.5 Å². The summed E-state index contributed by atoms with van der Waals surface area (Å²) >= 11 is 0. The maximum atomic E-state index is 13.2. The van der Waals surface area contributed by atoms with E-state index in [1.807, 2.05) is 26.0 Å². The molecule has 0 aromatic heterocycles. The molecule has 226 valence electrons. The minimum atomic E-state index is -6.09. The van der Waals surface area contributed by atoms with Gasteiger partial charge in [-0.05, 0) is 42.4 Å². The number of nitrogens with one attached hydrogen (secondary N) is 1. The number of nitrogens with two attached hydrogens (primary N) is 1. The molecule has 0 saturated carbocycles. The van der Waals surface area contributed by atoms with E-state index in [0.29, 0.717) is 37.6 Å². The number of methoxy groups -OCH3 is 3. The fraction of sp³-hybridized carbons (Fsp3) is 0.720. The molecule has 0 aliphatic carbocycles. The smallest absolute Gasteiger partial charge is 0.435 e. The Bertz CT molecular complexity index is 883. The number of hydrogen-bond donors (Lipinski definition) is 3. The molecule has 1 amide bonds. The summed E-state index contributed by atoms with van der Waals surface area (Å²) in [4.78, 5) is 12.0. The molecule has 3 unspecified atom stereocenters. The number of hydrogen-bond acceptors (Lipinski definition) is 7. The molecule has 3 atom stereocenters. The first-order valence-corrected chi connectivity index (χ1v) is 12.2. The van der Waals surface area contributed by atoms with Crippen LogP contribution in [0.25, 0.3) is 0 Å². The minimum Gasteiger partial charge on any atom is -0.493 e. The molecule has 0 aliphatic rings. The first-order chi connectivity index (χ1) is 18.0. The van der Waals surface area contributed by atoms with Crippen molar-refractivity contribution in [2.45, 2.75) is 63.2 Å². The van der Waals surface area contributed by atoms with Gasteiger partial charge in [-0.2, -0.15) is 26.3 Å². The van der Waals surface area contributed by atoms with Crippen molar-refractivity contribution in [1.29, 1.82) is 0 Å². The number of aliphatic hydroxyl groups is 1. The van der Waals surface area contributed by atoms with Crippen LogP contribution in [0, 0.1) is 11.8 Å². The van der Waals surface area contributed by atoms with Crippen molar-refractivity contribution in [3.63, 3.8) is 0 Å². The lowest BCUT2D eigenvalue weighted by Crippen LogP contribution is -2.67. The van der Waals surface area contributed by atoms with Crippen LogP contribution in [0.4, 0.5) is 26.3 Å². The van der Waals surface area contributed by atoms with Gasteiger partial charge in [0.05, 0.1) is 19.8 Å². The van der Waals surface area contributed by atoms with Gasteiger partial charge in [-0.3, -0.25) is 4.79 Å². The van der Waals surface area contributed by atoms with Crippen LogP contribution in [-0.4, -0.2) is 82.2 Å². The summed E-state index contributed by atoms with van der Waals surface area (Å²) in [6, 6.07) is 4.32. The van der Waals surface area contributed by atoms with E-state index in [9.17, 15) is 36.2 Å². The third-order valence-corrected chi connectivity index (χ3v) is 6.38. The molecule has 0 radical (unpaired) electrons. The Morgan fingerprint density at radius 2 is 1.64 bits per heavy atom. The zero-order valence-corrected chi connectivity index (χ0v) is 22.6. The number of carbonyl (C=O) groups excluding carboxylic acids is 1. The first-order valence-electron chi connectivity index (χ1n) is 12.2. The Morgan fingerprint density at radius 3 is 2.13 bits per heavy atom. The zero-order chi connectivity index (χ0) is 30.0. The van der Waals surface area contributed by atoms with E-state index >= 15 is 0 Å². The number of ether oxygens (including phenoxy) is 4. The van der Waals surface area contributed by atoms with E-state index in [4.69, 9.17) is 19.9 Å². The molecule has 0 bridgehead atoms. The monoisotopic (exact) mass is 576 g/mol. The van der Waals surface area contributed by atoms with Gasteiger partial charge in [0.25, 0.3) is 5.91 Å². The van der Waals surface area contributed by atoms with Gasteiger partial charge in [0.1, 0.15) is 0 Å². The molecule has 0 spiro atoms. The van der Waals surface area contributed by atoms with E-state index in [0.717, 1.165) is 5.56 Å². The standard InChI is InChI=1S/C25H38F6N2O6/c1-15(2)17(11-16-7-8-20(37-4)21(12-16)39-10-6-9-36-3)13-18(32)19(34)14-33-22(35)23(38-5,24(26,27)28)25(29,30)31/h7-8,12,15,17-19,34H,6,9-11,13-14,32H2,1-5H3,(H,33,35). The van der Waals surface area contributed by atoms with Gasteiger partial charge < -0.3 is 35.1 Å². The number of halogens is 6. The summed E-state index contributed by atoms with van der Waals surface area (Å²) in [6.45, 7) is 3.81. The van der Waals surface area contributed by atoms with Gasteiger partial charge in [0, 0.05) is 39.8 Å². The lowest BCUT2D eigenvalue weighted by molar-refractivity contribution is -0.357. The zero-order valence-electron chi connectivity index (χ0n) is 22.6. The lowest BCUT2D eigenvalue weighted by Gasteiger charge is -2.34. The van der Waals surface area contributed by atoms with Crippen LogP contribution in [0.1, 0.15) is 32.3 Å². The number of benzene rings is 1. The molecule has 0 saturated heterocycles. The Morgan fingerprint density at radius 1 is 1.03 bits per heavy atom. The normalized spacial score (nSPS) is 15.1. The number of amides is 1. The minimum absolute atomic E-state index is 0.0441. The van der Waals surface area contributed by atoms with Crippen LogP contribution in [0.2, 0.25) is 0 Å². The maximum absolute atomic E-state index is 13.2. The summed E-state index contributed by atoms with van der Waals surface area (Å²) < 4.78 is 99.2. The molecule has 8 nitrogen and oxygen atoms in total. The SMILES string of the molecule is COCCCOc1cc(CC(CC(N)C(O)CNC(=O)C(OC)(C(F)(F)F)C(F)(F)F)C(C)C)ccc1OC. The van der Waals surface area contributed by atoms with Gasteiger partial charge in [-0.1, -0.05) is 19.9 Å². The number of aliphatic hydroxyl groups excluding tert-OH is 1. The lowest BCUT2D eigenvalue weighted by atomic mass is 9.83. The third kappa shape index (κ3) is 9.12. The second-order valence-corrected chi connectivity index (χ2v) is 9.45. The molecule has 14 heteroatoms. The van der Waals surface area contributed by atoms with Crippen LogP contribution < -0.4 is 20.5 Å². The Hall–Kier alpha value is -2.29. The highest BCUT2D eigenvalue weighted by Crippen LogP contribution is 2.45. The molecule has 39 heavy (non-hydrogen) atoms. The fourth-order valence-corrected chi connectivity index (χ4v) is 3.96. The largest absolute Gasteiger partial charge is 0.493 e. The molecule has 0 aliphatic heterocycles. The number of rotatable bonds is 16. The van der Waals surface area contributed by atoms with E-state index in [1.54, 1.807) is 13.2 Å². The predicted octanol–water partition coefficient (Wildman–Crippen LogP) is 3.63. The fourth-order valence-electron chi connectivity index (χ4n) is 3.96. The molecular formula is C25H38F6N2O6. The highest BCUT2D eigenvalue weighted by molar-refractivity contribution is 5.87. The summed E-state index contributed by atoms with van der Waals surface area (Å²) in [5.41, 5.74) is 1.83. The highest BCUT2D eigenvalue weighted by Gasteiger charge is 2.77. The highest BCUT2D eigenvalue weighted by atomic mass is 19.4. The van der Waals surface area contributed by atoms with E-state index in [-0.39, 0.29) is 25.4 Å². The van der Waals surface area contributed by atoms with Crippen LogP contribution in [-0.2, 0) is 20.7 Å². The van der Waals surface area contributed by atoms with E-state index in [2.05, 4.69) is 4.74 Å². The average molecular weight is 577 g/mol. The summed E-state index contributed by atoms with van der Waals surface area (Å²) in [6.07, 6.45) is -12.5. The van der Waals surface area contributed by atoms with E-state index in [1.165, 1.54) is 12.4 Å². The van der Waals surface area contributed by atoms with Crippen LogP contribution in [0.15, 0.2) is 18.2 Å². The Kier molecular flexibility index (Phi) is 13.3. The Balaban J connectivity index is 2.92. The molecule has 1 aromatic carbocycles. The van der Waals surface area contributed by atoms with Crippen molar-refractivity contribution in [2.24, 2.45) is 17.6 Å². The van der Waals surface area contributed by atoms with Gasteiger partial charge >= 0.3 is 18.0 Å². The first kappa shape index (κ1) is 34.7. The second-order valence-electron chi connectivity index (χ2n) is 9.45. The number of carbonyl (C=O) groups is 1. The van der Waals surface area contributed by atoms with Crippen molar-refractivity contribution >= 4 is 5.91 Å². The summed E-state index contributed by atoms with van der Waals surface area (Å²) in [7, 11) is 3.22. The van der Waals surface area contributed by atoms with E-state index < -0.39 is 42.6 Å². The average Bonchev–Trinajstić information content (AvgIpc) is 2.83. The van der Waals surface area contributed by atoms with Gasteiger partial charge in [-0.15, -0.1) is 0 Å². The molecule has 0 heterocycles. The van der Waals surface area contributed by atoms with Gasteiger partial charge in [0.15, 0.2) is 11.5 Å². The summed E-state index contributed by atoms with van der Waals surface area (Å²) in [5, 5.41) is 11.9. The number of alkyl halides is 6. The van der Waals surface area contributed by atoms with Crippen molar-refractivity contribution in [3.05, 3.63) is 23.8 Å². The Labute approximate surface area is 224 Å². The predicted molar refractivity (Wildman–Crippen MR) is 130 cm³/mol. The van der Waals surface area contributed by atoms with Crippen LogP contribution in [0.5, 0.6) is 11.5 Å². The molecular weight excluding hydrogens is 538 g/mol. The van der Waals surface area contributed by atoms with Gasteiger partial charge in [0.2, 0.25) is 0 Å². The molecule has 4 N–H and O–H groups in total. The molecule has 1 aromatic rings. The summed E-state index contributed by atoms with van der Waals surface area (Å²) in [5.74, 6) is -1.53. The second kappa shape index (κ2) is 14.9. The molecule has 1 rings (SSSR count). The third-order valence-electron chi connectivity index (χ3n) is 6.38. The maximum Gasteiger partial charge on any atom is 0.435 e.